The highest BCUT2D eigenvalue weighted by Gasteiger charge is 2.39. The van der Waals surface area contributed by atoms with Crippen LogP contribution in [0.15, 0.2) is 35.7 Å². The number of ether oxygens (including phenoxy) is 2. The van der Waals surface area contributed by atoms with Crippen LogP contribution in [0, 0.1) is 0 Å². The third kappa shape index (κ3) is 2.59. The molecule has 0 N–H and O–H groups in total. The molecule has 4 nitrogen and oxygen atoms in total. The zero-order chi connectivity index (χ0) is 14.7. The minimum atomic E-state index is -0.382. The van der Waals surface area contributed by atoms with Crippen LogP contribution in [0.25, 0.3) is 0 Å². The van der Waals surface area contributed by atoms with Gasteiger partial charge in [0.05, 0.1) is 12.5 Å². The van der Waals surface area contributed by atoms with E-state index in [1.54, 1.807) is 5.38 Å². The number of carbonyl (C=O) groups excluding carboxylic acids is 1. The molecule has 21 heavy (non-hydrogen) atoms. The lowest BCUT2D eigenvalue weighted by Crippen LogP contribution is -2.35. The maximum absolute atomic E-state index is 11.6. The molecular weight excluding hydrogens is 286 g/mol. The van der Waals surface area contributed by atoms with Crippen LogP contribution < -0.4 is 0 Å². The van der Waals surface area contributed by atoms with Gasteiger partial charge in [0.25, 0.3) is 0 Å². The summed E-state index contributed by atoms with van der Waals surface area (Å²) in [6, 6.07) is 10.4. The Kier molecular flexibility index (Phi) is 4.03. The van der Waals surface area contributed by atoms with Gasteiger partial charge in [-0.25, -0.2) is 9.78 Å². The third-order valence-corrected chi connectivity index (χ3v) is 5.03. The smallest absolute Gasteiger partial charge is 0.357 e. The molecule has 110 valence electrons. The van der Waals surface area contributed by atoms with Gasteiger partial charge < -0.3 is 9.47 Å². The maximum atomic E-state index is 11.6. The Hall–Kier alpha value is -1.72. The second kappa shape index (κ2) is 5.95. The van der Waals surface area contributed by atoms with Crippen LogP contribution in [0.1, 0.15) is 33.9 Å². The zero-order valence-electron chi connectivity index (χ0n) is 11.9. The number of aromatic nitrogens is 1. The second-order valence-electron chi connectivity index (χ2n) is 5.09. The number of methoxy groups -OCH3 is 1. The number of thiazole rings is 1. The van der Waals surface area contributed by atoms with Crippen molar-refractivity contribution in [3.05, 3.63) is 52.0 Å². The normalized spacial score (nSPS) is 17.4. The van der Waals surface area contributed by atoms with Crippen LogP contribution in [0.3, 0.4) is 0 Å². The lowest BCUT2D eigenvalue weighted by molar-refractivity contribution is 0.0588. The zero-order valence-corrected chi connectivity index (χ0v) is 12.7. The van der Waals surface area contributed by atoms with Gasteiger partial charge in [-0.05, 0) is 18.4 Å². The number of hydrogen-bond donors (Lipinski definition) is 0. The quantitative estimate of drug-likeness (QED) is 0.818. The molecule has 2 aromatic rings. The number of carbonyl (C=O) groups is 1. The molecular formula is C16H17NO3S. The van der Waals surface area contributed by atoms with Gasteiger partial charge in [-0.1, -0.05) is 30.3 Å². The minimum Gasteiger partial charge on any atom is -0.464 e. The molecule has 5 heteroatoms. The lowest BCUT2D eigenvalue weighted by Gasteiger charge is -2.36. The summed E-state index contributed by atoms with van der Waals surface area (Å²) >= 11 is 1.53. The average Bonchev–Trinajstić information content (AvgIpc) is 3.06. The fourth-order valence-corrected chi connectivity index (χ4v) is 3.87. The van der Waals surface area contributed by atoms with Crippen molar-refractivity contribution in [3.8, 4) is 0 Å². The van der Waals surface area contributed by atoms with Gasteiger partial charge in [0, 0.05) is 18.6 Å². The van der Waals surface area contributed by atoms with Gasteiger partial charge in [-0.3, -0.25) is 0 Å². The van der Waals surface area contributed by atoms with E-state index in [4.69, 9.17) is 9.47 Å². The summed E-state index contributed by atoms with van der Waals surface area (Å²) in [4.78, 5) is 16.2. The second-order valence-corrected chi connectivity index (χ2v) is 5.95. The Morgan fingerprint density at radius 1 is 1.29 bits per heavy atom. The predicted molar refractivity (Wildman–Crippen MR) is 80.7 cm³/mol. The van der Waals surface area contributed by atoms with Crippen molar-refractivity contribution < 1.29 is 14.3 Å². The summed E-state index contributed by atoms with van der Waals surface area (Å²) in [7, 11) is 1.38. The molecule has 0 atom stereocenters. The largest absolute Gasteiger partial charge is 0.464 e. The monoisotopic (exact) mass is 303 g/mol. The van der Waals surface area contributed by atoms with Gasteiger partial charge in [-0.15, -0.1) is 11.3 Å². The van der Waals surface area contributed by atoms with Crippen LogP contribution in [-0.4, -0.2) is 31.3 Å². The summed E-state index contributed by atoms with van der Waals surface area (Å²) in [6.07, 6.45) is 1.76. The van der Waals surface area contributed by atoms with Gasteiger partial charge in [-0.2, -0.15) is 0 Å². The Morgan fingerprint density at radius 3 is 2.67 bits per heavy atom. The van der Waals surface area contributed by atoms with Crippen LogP contribution >= 0.6 is 11.3 Å². The summed E-state index contributed by atoms with van der Waals surface area (Å²) in [5.74, 6) is -0.382. The Labute approximate surface area is 127 Å². The van der Waals surface area contributed by atoms with Crippen molar-refractivity contribution >= 4 is 17.3 Å². The Balaban J connectivity index is 2.04. The van der Waals surface area contributed by atoms with Crippen LogP contribution in [0.2, 0.25) is 0 Å². The average molecular weight is 303 g/mol. The van der Waals surface area contributed by atoms with Crippen LogP contribution in [-0.2, 0) is 14.9 Å². The first-order chi connectivity index (χ1) is 10.3. The molecule has 0 saturated carbocycles. The molecule has 0 radical (unpaired) electrons. The van der Waals surface area contributed by atoms with Gasteiger partial charge in [0.15, 0.2) is 5.69 Å². The molecule has 2 heterocycles. The third-order valence-electron chi connectivity index (χ3n) is 3.98. The first kappa shape index (κ1) is 14.2. The van der Waals surface area contributed by atoms with E-state index in [1.165, 1.54) is 24.0 Å². The molecule has 0 aliphatic carbocycles. The molecule has 1 saturated heterocycles. The molecule has 1 aromatic heterocycles. The topological polar surface area (TPSA) is 48.4 Å². The highest BCUT2D eigenvalue weighted by atomic mass is 32.1. The van der Waals surface area contributed by atoms with E-state index in [1.807, 2.05) is 18.2 Å². The van der Waals surface area contributed by atoms with Crippen molar-refractivity contribution in [1.82, 2.24) is 4.98 Å². The SMILES string of the molecule is COC(=O)c1csc(C2(c3ccccc3)CCOCC2)n1. The molecule has 3 rings (SSSR count). The Bertz CT molecular complexity index is 617. The molecule has 1 aliphatic heterocycles. The van der Waals surface area contributed by atoms with Gasteiger partial charge in [0.2, 0.25) is 0 Å². The number of rotatable bonds is 3. The van der Waals surface area contributed by atoms with E-state index >= 15 is 0 Å². The maximum Gasteiger partial charge on any atom is 0.357 e. The minimum absolute atomic E-state index is 0.156. The van der Waals surface area contributed by atoms with E-state index in [0.717, 1.165) is 17.8 Å². The number of benzene rings is 1. The van der Waals surface area contributed by atoms with Crippen LogP contribution in [0.5, 0.6) is 0 Å². The van der Waals surface area contributed by atoms with Gasteiger partial charge >= 0.3 is 5.97 Å². The van der Waals surface area contributed by atoms with Crippen molar-refractivity contribution in [2.24, 2.45) is 0 Å². The van der Waals surface area contributed by atoms with Crippen molar-refractivity contribution in [3.63, 3.8) is 0 Å². The van der Waals surface area contributed by atoms with E-state index in [9.17, 15) is 4.79 Å². The number of esters is 1. The van der Waals surface area contributed by atoms with Crippen molar-refractivity contribution in [2.45, 2.75) is 18.3 Å². The van der Waals surface area contributed by atoms with E-state index < -0.39 is 0 Å². The molecule has 0 spiro atoms. The molecule has 1 fully saturated rings. The molecule has 0 bridgehead atoms. The first-order valence-electron chi connectivity index (χ1n) is 6.94. The summed E-state index contributed by atoms with van der Waals surface area (Å²) in [6.45, 7) is 1.42. The standard InChI is InChI=1S/C16H17NO3S/c1-19-14(18)13-11-21-15(17-13)16(7-9-20-10-8-16)12-5-3-2-4-6-12/h2-6,11H,7-10H2,1H3. The Morgan fingerprint density at radius 2 is 2.00 bits per heavy atom. The summed E-state index contributed by atoms with van der Waals surface area (Å²) < 4.78 is 10.3. The predicted octanol–water partition coefficient (Wildman–Crippen LogP) is 3.03. The fourth-order valence-electron chi connectivity index (χ4n) is 2.79. The molecule has 0 amide bonds. The lowest BCUT2D eigenvalue weighted by atomic mass is 9.74. The van der Waals surface area contributed by atoms with Gasteiger partial charge in [0.1, 0.15) is 5.01 Å². The van der Waals surface area contributed by atoms with E-state index in [0.29, 0.717) is 18.9 Å². The molecule has 1 aliphatic rings. The first-order valence-corrected chi connectivity index (χ1v) is 7.82. The van der Waals surface area contributed by atoms with E-state index in [-0.39, 0.29) is 11.4 Å². The van der Waals surface area contributed by atoms with Crippen molar-refractivity contribution in [2.75, 3.05) is 20.3 Å². The molecule has 0 unspecified atom stereocenters. The summed E-state index contributed by atoms with van der Waals surface area (Å²) in [5.41, 5.74) is 1.47. The molecule has 1 aromatic carbocycles. The van der Waals surface area contributed by atoms with Crippen LogP contribution in [0.4, 0.5) is 0 Å². The highest BCUT2D eigenvalue weighted by Crippen LogP contribution is 2.42. The number of hydrogen-bond acceptors (Lipinski definition) is 5. The highest BCUT2D eigenvalue weighted by molar-refractivity contribution is 7.10. The number of nitrogens with zero attached hydrogens (tertiary/aromatic N) is 1. The van der Waals surface area contributed by atoms with Crippen molar-refractivity contribution in [1.29, 1.82) is 0 Å². The van der Waals surface area contributed by atoms with E-state index in [2.05, 4.69) is 17.1 Å². The summed E-state index contributed by atoms with van der Waals surface area (Å²) in [5, 5.41) is 2.75. The fraction of sp³-hybridized carbons (Fsp3) is 0.375.